The Labute approximate surface area is 130 Å². The first-order valence-electron chi connectivity index (χ1n) is 7.21. The van der Waals surface area contributed by atoms with Gasteiger partial charge in [-0.3, -0.25) is 4.79 Å². The van der Waals surface area contributed by atoms with Crippen molar-refractivity contribution in [2.24, 2.45) is 5.92 Å². The maximum Gasteiger partial charge on any atom is 0.253 e. The van der Waals surface area contributed by atoms with Gasteiger partial charge in [0, 0.05) is 18.7 Å². The fourth-order valence-electron chi connectivity index (χ4n) is 1.85. The van der Waals surface area contributed by atoms with Crippen molar-refractivity contribution in [3.63, 3.8) is 0 Å². The number of hydrogen-bond donors (Lipinski definition) is 0. The van der Waals surface area contributed by atoms with Crippen molar-refractivity contribution in [1.82, 2.24) is 4.90 Å². The highest BCUT2D eigenvalue weighted by Crippen LogP contribution is 2.27. The van der Waals surface area contributed by atoms with E-state index in [0.29, 0.717) is 18.1 Å². The first-order valence-corrected chi connectivity index (χ1v) is 8.00. The van der Waals surface area contributed by atoms with Gasteiger partial charge in [0.2, 0.25) is 0 Å². The van der Waals surface area contributed by atoms with E-state index in [0.717, 1.165) is 29.7 Å². The highest BCUT2D eigenvalue weighted by molar-refractivity contribution is 9.10. The lowest BCUT2D eigenvalue weighted by Crippen LogP contribution is -2.30. The van der Waals surface area contributed by atoms with Gasteiger partial charge in [0.05, 0.1) is 11.1 Å². The summed E-state index contributed by atoms with van der Waals surface area (Å²) in [6, 6.07) is 5.53. The first-order chi connectivity index (χ1) is 9.49. The van der Waals surface area contributed by atoms with Crippen LogP contribution >= 0.6 is 15.9 Å². The summed E-state index contributed by atoms with van der Waals surface area (Å²) in [7, 11) is 0. The average molecular weight is 342 g/mol. The van der Waals surface area contributed by atoms with Gasteiger partial charge >= 0.3 is 0 Å². The Morgan fingerprint density at radius 3 is 2.45 bits per heavy atom. The first kappa shape index (κ1) is 17.0. The predicted molar refractivity (Wildman–Crippen MR) is 86.3 cm³/mol. The van der Waals surface area contributed by atoms with E-state index in [2.05, 4.69) is 29.8 Å². The minimum atomic E-state index is 0.0597. The van der Waals surface area contributed by atoms with Gasteiger partial charge in [0.25, 0.3) is 5.91 Å². The van der Waals surface area contributed by atoms with E-state index in [9.17, 15) is 4.79 Å². The smallest absolute Gasteiger partial charge is 0.253 e. The molecule has 3 nitrogen and oxygen atoms in total. The van der Waals surface area contributed by atoms with Crippen LogP contribution in [0.3, 0.4) is 0 Å². The summed E-state index contributed by atoms with van der Waals surface area (Å²) in [6.45, 7) is 10.5. The molecule has 4 heteroatoms. The average Bonchev–Trinajstić information content (AvgIpc) is 2.41. The number of carbonyl (C=O) groups excluding carboxylic acids is 1. The lowest BCUT2D eigenvalue weighted by atomic mass is 10.1. The molecule has 0 aliphatic carbocycles. The SMILES string of the molecule is CCN(CC)C(=O)c1ccc(OCCC(C)C)c(Br)c1. The van der Waals surface area contributed by atoms with Gasteiger partial charge in [-0.05, 0) is 60.3 Å². The van der Waals surface area contributed by atoms with Crippen LogP contribution in [0.1, 0.15) is 44.5 Å². The van der Waals surface area contributed by atoms with E-state index in [-0.39, 0.29) is 5.91 Å². The molecule has 20 heavy (non-hydrogen) atoms. The molecular weight excluding hydrogens is 318 g/mol. The summed E-state index contributed by atoms with van der Waals surface area (Å²) >= 11 is 3.48. The molecule has 0 saturated carbocycles. The third-order valence-corrected chi connectivity index (χ3v) is 3.80. The van der Waals surface area contributed by atoms with Gasteiger partial charge in [-0.1, -0.05) is 13.8 Å². The summed E-state index contributed by atoms with van der Waals surface area (Å²) in [5.41, 5.74) is 0.691. The molecule has 0 unspecified atom stereocenters. The standard InChI is InChI=1S/C16H24BrNO2/c1-5-18(6-2)16(19)13-7-8-15(14(17)11-13)20-10-9-12(3)4/h7-8,11-12H,5-6,9-10H2,1-4H3. The van der Waals surface area contributed by atoms with Gasteiger partial charge in [0.15, 0.2) is 0 Å². The quantitative estimate of drug-likeness (QED) is 0.737. The van der Waals surface area contributed by atoms with Crippen molar-refractivity contribution in [2.45, 2.75) is 34.1 Å². The molecule has 0 radical (unpaired) electrons. The number of nitrogens with zero attached hydrogens (tertiary/aromatic N) is 1. The number of halogens is 1. The van der Waals surface area contributed by atoms with Crippen LogP contribution in [0.4, 0.5) is 0 Å². The monoisotopic (exact) mass is 341 g/mol. The molecule has 1 aromatic rings. The summed E-state index contributed by atoms with van der Waals surface area (Å²) in [5, 5.41) is 0. The highest BCUT2D eigenvalue weighted by atomic mass is 79.9. The normalized spacial score (nSPS) is 10.7. The molecule has 0 aromatic heterocycles. The lowest BCUT2D eigenvalue weighted by Gasteiger charge is -2.19. The van der Waals surface area contributed by atoms with Gasteiger partial charge in [-0.15, -0.1) is 0 Å². The van der Waals surface area contributed by atoms with Crippen LogP contribution in [0.15, 0.2) is 22.7 Å². The molecule has 0 aliphatic heterocycles. The number of hydrogen-bond acceptors (Lipinski definition) is 2. The fourth-order valence-corrected chi connectivity index (χ4v) is 2.34. The van der Waals surface area contributed by atoms with E-state index >= 15 is 0 Å². The van der Waals surface area contributed by atoms with Crippen LogP contribution in [0.5, 0.6) is 5.75 Å². The van der Waals surface area contributed by atoms with Crippen LogP contribution in [-0.2, 0) is 0 Å². The van der Waals surface area contributed by atoms with Crippen molar-refractivity contribution < 1.29 is 9.53 Å². The zero-order valence-electron chi connectivity index (χ0n) is 12.8. The molecule has 0 atom stereocenters. The molecule has 0 N–H and O–H groups in total. The number of carbonyl (C=O) groups is 1. The Morgan fingerprint density at radius 1 is 1.30 bits per heavy atom. The molecule has 0 fully saturated rings. The van der Waals surface area contributed by atoms with Gasteiger partial charge in [-0.2, -0.15) is 0 Å². The Morgan fingerprint density at radius 2 is 1.95 bits per heavy atom. The number of ether oxygens (including phenoxy) is 1. The Balaban J connectivity index is 2.74. The summed E-state index contributed by atoms with van der Waals surface area (Å²) < 4.78 is 6.56. The Bertz CT molecular complexity index is 442. The van der Waals surface area contributed by atoms with E-state index < -0.39 is 0 Å². The maximum atomic E-state index is 12.2. The molecule has 0 bridgehead atoms. The number of rotatable bonds is 7. The summed E-state index contributed by atoms with van der Waals surface area (Å²) in [4.78, 5) is 14.0. The maximum absolute atomic E-state index is 12.2. The number of benzene rings is 1. The topological polar surface area (TPSA) is 29.5 Å². The second kappa shape index (κ2) is 8.30. The van der Waals surface area contributed by atoms with Crippen molar-refractivity contribution >= 4 is 21.8 Å². The zero-order chi connectivity index (χ0) is 15.1. The van der Waals surface area contributed by atoms with Gasteiger partial charge < -0.3 is 9.64 Å². The third kappa shape index (κ3) is 4.82. The molecule has 1 aromatic carbocycles. The van der Waals surface area contributed by atoms with Crippen molar-refractivity contribution in [3.05, 3.63) is 28.2 Å². The number of amides is 1. The second-order valence-corrected chi connectivity index (χ2v) is 6.01. The van der Waals surface area contributed by atoms with Crippen LogP contribution in [0, 0.1) is 5.92 Å². The van der Waals surface area contributed by atoms with Crippen LogP contribution in [0.2, 0.25) is 0 Å². The summed E-state index contributed by atoms with van der Waals surface area (Å²) in [5.74, 6) is 1.48. The van der Waals surface area contributed by atoms with E-state index in [1.54, 1.807) is 4.90 Å². The highest BCUT2D eigenvalue weighted by Gasteiger charge is 2.14. The molecule has 0 saturated heterocycles. The van der Waals surface area contributed by atoms with Crippen molar-refractivity contribution in [1.29, 1.82) is 0 Å². The Kier molecular flexibility index (Phi) is 7.06. The molecule has 0 aliphatic rings. The van der Waals surface area contributed by atoms with Crippen molar-refractivity contribution in [3.8, 4) is 5.75 Å². The lowest BCUT2D eigenvalue weighted by molar-refractivity contribution is 0.0773. The Hall–Kier alpha value is -1.03. The second-order valence-electron chi connectivity index (χ2n) is 5.15. The van der Waals surface area contributed by atoms with Crippen molar-refractivity contribution in [2.75, 3.05) is 19.7 Å². The van der Waals surface area contributed by atoms with Crippen LogP contribution in [-0.4, -0.2) is 30.5 Å². The van der Waals surface area contributed by atoms with E-state index in [4.69, 9.17) is 4.74 Å². The molecule has 0 heterocycles. The third-order valence-electron chi connectivity index (χ3n) is 3.18. The molecule has 1 rings (SSSR count). The van der Waals surface area contributed by atoms with E-state index in [1.165, 1.54) is 0 Å². The minimum absolute atomic E-state index is 0.0597. The predicted octanol–water partition coefficient (Wildman–Crippen LogP) is 4.36. The van der Waals surface area contributed by atoms with Crippen LogP contribution in [0.25, 0.3) is 0 Å². The van der Waals surface area contributed by atoms with Crippen LogP contribution < -0.4 is 4.74 Å². The molecular formula is C16H24BrNO2. The minimum Gasteiger partial charge on any atom is -0.492 e. The van der Waals surface area contributed by atoms with Gasteiger partial charge in [0.1, 0.15) is 5.75 Å². The van der Waals surface area contributed by atoms with E-state index in [1.807, 2.05) is 32.0 Å². The zero-order valence-corrected chi connectivity index (χ0v) is 14.4. The largest absolute Gasteiger partial charge is 0.492 e. The fraction of sp³-hybridized carbons (Fsp3) is 0.562. The van der Waals surface area contributed by atoms with Gasteiger partial charge in [-0.25, -0.2) is 0 Å². The molecule has 1 amide bonds. The summed E-state index contributed by atoms with van der Waals surface area (Å²) in [6.07, 6.45) is 1.02. The molecule has 112 valence electrons. The molecule has 0 spiro atoms.